The van der Waals surface area contributed by atoms with Gasteiger partial charge >= 0.3 is 0 Å². The molecule has 0 radical (unpaired) electrons. The monoisotopic (exact) mass is 262 g/mol. The number of hydrogen-bond donors (Lipinski definition) is 2. The van der Waals surface area contributed by atoms with Crippen molar-refractivity contribution in [1.29, 1.82) is 0 Å². The molecular formula is C16H23FN2. The molecule has 0 spiro atoms. The number of hydrogen-bond acceptors (Lipinski definition) is 2. The summed E-state index contributed by atoms with van der Waals surface area (Å²) in [5.74, 6) is 0.579. The standard InChI is InChI=1S/C16H23FN2/c17-16(8-6-13(18)7-9-16)11-19-15-10-14(15)12-4-2-1-3-5-12/h1-5,13-15,19H,6-11,18H2/t13?,14-,15-,16?/m0/s1. The molecule has 104 valence electrons. The molecule has 2 saturated carbocycles. The summed E-state index contributed by atoms with van der Waals surface area (Å²) in [6.45, 7) is 0.494. The molecule has 3 heteroatoms. The molecular weight excluding hydrogens is 239 g/mol. The summed E-state index contributed by atoms with van der Waals surface area (Å²) < 4.78 is 14.5. The number of alkyl halides is 1. The first kappa shape index (κ1) is 13.1. The average molecular weight is 262 g/mol. The first-order chi connectivity index (χ1) is 9.16. The molecule has 2 nitrogen and oxygen atoms in total. The minimum absolute atomic E-state index is 0.210. The highest BCUT2D eigenvalue weighted by molar-refractivity contribution is 5.27. The van der Waals surface area contributed by atoms with Crippen LogP contribution in [0.5, 0.6) is 0 Å². The highest BCUT2D eigenvalue weighted by atomic mass is 19.1. The van der Waals surface area contributed by atoms with Gasteiger partial charge in [0.25, 0.3) is 0 Å². The molecule has 0 aliphatic heterocycles. The van der Waals surface area contributed by atoms with Crippen LogP contribution in [0, 0.1) is 0 Å². The Morgan fingerprint density at radius 1 is 1.21 bits per heavy atom. The minimum Gasteiger partial charge on any atom is -0.328 e. The third kappa shape index (κ3) is 3.15. The zero-order valence-electron chi connectivity index (χ0n) is 11.3. The summed E-state index contributed by atoms with van der Waals surface area (Å²) >= 11 is 0. The number of rotatable bonds is 4. The van der Waals surface area contributed by atoms with Gasteiger partial charge in [-0.2, -0.15) is 0 Å². The average Bonchev–Trinajstić information content (AvgIpc) is 3.21. The minimum atomic E-state index is -1.03. The predicted molar refractivity (Wildman–Crippen MR) is 75.9 cm³/mol. The molecule has 3 N–H and O–H groups in total. The summed E-state index contributed by atoms with van der Waals surface area (Å²) in [4.78, 5) is 0. The second-order valence-corrected chi connectivity index (χ2v) is 6.23. The van der Waals surface area contributed by atoms with Crippen LogP contribution in [0.3, 0.4) is 0 Å². The molecule has 0 amide bonds. The van der Waals surface area contributed by atoms with Crippen LogP contribution in [-0.2, 0) is 0 Å². The Morgan fingerprint density at radius 3 is 2.58 bits per heavy atom. The van der Waals surface area contributed by atoms with E-state index in [1.54, 1.807) is 0 Å². The van der Waals surface area contributed by atoms with Gasteiger partial charge in [0, 0.05) is 24.5 Å². The van der Waals surface area contributed by atoms with Crippen molar-refractivity contribution in [2.45, 2.75) is 55.8 Å². The lowest BCUT2D eigenvalue weighted by molar-refractivity contribution is 0.0973. The van der Waals surface area contributed by atoms with Crippen molar-refractivity contribution >= 4 is 0 Å². The van der Waals surface area contributed by atoms with Crippen molar-refractivity contribution in [1.82, 2.24) is 5.32 Å². The molecule has 1 aromatic rings. The third-order valence-electron chi connectivity index (χ3n) is 4.63. The molecule has 0 unspecified atom stereocenters. The van der Waals surface area contributed by atoms with E-state index in [0.717, 1.165) is 19.3 Å². The SMILES string of the molecule is NC1CCC(F)(CN[C@H]2C[C@H]2c2ccccc2)CC1. The first-order valence-electron chi connectivity index (χ1n) is 7.39. The smallest absolute Gasteiger partial charge is 0.123 e. The van der Waals surface area contributed by atoms with Crippen LogP contribution in [0.25, 0.3) is 0 Å². The van der Waals surface area contributed by atoms with Gasteiger partial charge in [-0.1, -0.05) is 30.3 Å². The third-order valence-corrected chi connectivity index (χ3v) is 4.63. The second kappa shape index (κ2) is 5.22. The topological polar surface area (TPSA) is 38.0 Å². The summed E-state index contributed by atoms with van der Waals surface area (Å²) in [7, 11) is 0. The van der Waals surface area contributed by atoms with Gasteiger partial charge in [-0.25, -0.2) is 4.39 Å². The Bertz CT molecular complexity index is 412. The largest absolute Gasteiger partial charge is 0.328 e. The van der Waals surface area contributed by atoms with Gasteiger partial charge in [0.15, 0.2) is 0 Å². The van der Waals surface area contributed by atoms with Crippen molar-refractivity contribution < 1.29 is 4.39 Å². The molecule has 3 rings (SSSR count). The fourth-order valence-electron chi connectivity index (χ4n) is 3.14. The van der Waals surface area contributed by atoms with E-state index in [-0.39, 0.29) is 6.04 Å². The fraction of sp³-hybridized carbons (Fsp3) is 0.625. The quantitative estimate of drug-likeness (QED) is 0.875. The van der Waals surface area contributed by atoms with Gasteiger partial charge in [-0.15, -0.1) is 0 Å². The van der Waals surface area contributed by atoms with E-state index in [4.69, 9.17) is 5.73 Å². The molecule has 2 fully saturated rings. The predicted octanol–water partition coefficient (Wildman–Crippen LogP) is 2.74. The number of nitrogens with one attached hydrogen (secondary N) is 1. The first-order valence-corrected chi connectivity index (χ1v) is 7.39. The van der Waals surface area contributed by atoms with E-state index in [1.807, 2.05) is 6.07 Å². The van der Waals surface area contributed by atoms with Gasteiger partial charge in [-0.3, -0.25) is 0 Å². The van der Waals surface area contributed by atoms with E-state index in [2.05, 4.69) is 29.6 Å². The van der Waals surface area contributed by atoms with E-state index in [0.29, 0.717) is 31.3 Å². The molecule has 0 heterocycles. The Balaban J connectivity index is 1.47. The van der Waals surface area contributed by atoms with Crippen LogP contribution < -0.4 is 11.1 Å². The van der Waals surface area contributed by atoms with E-state index >= 15 is 0 Å². The molecule has 19 heavy (non-hydrogen) atoms. The van der Waals surface area contributed by atoms with Crippen molar-refractivity contribution in [3.63, 3.8) is 0 Å². The van der Waals surface area contributed by atoms with Crippen LogP contribution in [0.4, 0.5) is 4.39 Å². The lowest BCUT2D eigenvalue weighted by atomic mass is 9.84. The zero-order valence-corrected chi connectivity index (χ0v) is 11.3. The highest BCUT2D eigenvalue weighted by Crippen LogP contribution is 2.41. The van der Waals surface area contributed by atoms with Crippen LogP contribution >= 0.6 is 0 Å². The molecule has 2 atom stereocenters. The summed E-state index contributed by atoms with van der Waals surface area (Å²) in [6.07, 6.45) is 4.02. The van der Waals surface area contributed by atoms with Crippen molar-refractivity contribution in [3.05, 3.63) is 35.9 Å². The van der Waals surface area contributed by atoms with E-state index in [1.165, 1.54) is 5.56 Å². The maximum atomic E-state index is 14.5. The molecule has 2 aliphatic rings. The maximum absolute atomic E-state index is 14.5. The van der Waals surface area contributed by atoms with Gasteiger partial charge in [0.2, 0.25) is 0 Å². The van der Waals surface area contributed by atoms with Gasteiger partial charge in [-0.05, 0) is 37.7 Å². The molecule has 1 aromatic carbocycles. The Kier molecular flexibility index (Phi) is 3.59. The molecule has 0 saturated heterocycles. The molecule has 0 aromatic heterocycles. The molecule has 0 bridgehead atoms. The van der Waals surface area contributed by atoms with Crippen molar-refractivity contribution in [2.24, 2.45) is 5.73 Å². The fourth-order valence-corrected chi connectivity index (χ4v) is 3.14. The highest BCUT2D eigenvalue weighted by Gasteiger charge is 2.41. The number of halogens is 1. The zero-order chi connectivity index (χ0) is 13.3. The Hall–Kier alpha value is -0.930. The Labute approximate surface area is 114 Å². The molecule has 2 aliphatic carbocycles. The lowest BCUT2D eigenvalue weighted by Crippen LogP contribution is -2.43. The summed E-state index contributed by atoms with van der Waals surface area (Å²) in [5, 5.41) is 3.41. The van der Waals surface area contributed by atoms with Gasteiger partial charge < -0.3 is 11.1 Å². The van der Waals surface area contributed by atoms with Gasteiger partial charge in [0.1, 0.15) is 5.67 Å². The van der Waals surface area contributed by atoms with E-state index < -0.39 is 5.67 Å². The normalized spacial score (nSPS) is 38.1. The van der Waals surface area contributed by atoms with Gasteiger partial charge in [0.05, 0.1) is 0 Å². The Morgan fingerprint density at radius 2 is 1.89 bits per heavy atom. The number of nitrogens with two attached hydrogens (primary N) is 1. The van der Waals surface area contributed by atoms with Crippen LogP contribution in [0.2, 0.25) is 0 Å². The lowest BCUT2D eigenvalue weighted by Gasteiger charge is -2.32. The van der Waals surface area contributed by atoms with E-state index in [9.17, 15) is 4.39 Å². The second-order valence-electron chi connectivity index (χ2n) is 6.23. The van der Waals surface area contributed by atoms with Crippen molar-refractivity contribution in [3.8, 4) is 0 Å². The van der Waals surface area contributed by atoms with Crippen LogP contribution in [0.15, 0.2) is 30.3 Å². The maximum Gasteiger partial charge on any atom is 0.123 e. The van der Waals surface area contributed by atoms with Crippen molar-refractivity contribution in [2.75, 3.05) is 6.54 Å². The summed E-state index contributed by atoms with van der Waals surface area (Å²) in [5.41, 5.74) is 6.18. The van der Waals surface area contributed by atoms with Crippen LogP contribution in [0.1, 0.15) is 43.6 Å². The summed E-state index contributed by atoms with van der Waals surface area (Å²) in [6, 6.07) is 11.2. The van der Waals surface area contributed by atoms with Crippen LogP contribution in [-0.4, -0.2) is 24.3 Å². The number of benzene rings is 1.